The van der Waals surface area contributed by atoms with Crippen LogP contribution in [0.1, 0.15) is 130 Å². The molecule has 5 fully saturated rings. The van der Waals surface area contributed by atoms with Crippen LogP contribution in [0.5, 0.6) is 11.5 Å². The first kappa shape index (κ1) is 26.7. The third kappa shape index (κ3) is 3.21. The number of rotatable bonds is 1. The molecule has 5 aliphatic carbocycles. The van der Waals surface area contributed by atoms with Gasteiger partial charge in [0.05, 0.1) is 11.7 Å². The summed E-state index contributed by atoms with van der Waals surface area (Å²) in [4.78, 5) is 0. The lowest BCUT2D eigenvalue weighted by atomic mass is 9.48. The number of hydrogen-bond donors (Lipinski definition) is 2. The summed E-state index contributed by atoms with van der Waals surface area (Å²) in [6, 6.07) is 3.43. The molecular formula is C36H54O3. The van der Waals surface area contributed by atoms with Gasteiger partial charge in [-0.1, -0.05) is 48.0 Å². The Morgan fingerprint density at radius 3 is 2.15 bits per heavy atom. The van der Waals surface area contributed by atoms with E-state index in [1.165, 1.54) is 64.2 Å². The quantitative estimate of drug-likeness (QED) is 0.354. The molecule has 0 spiro atoms. The van der Waals surface area contributed by atoms with Crippen LogP contribution in [0.3, 0.4) is 0 Å². The lowest BCUT2D eigenvalue weighted by molar-refractivity contribution is -0.179. The Hall–Kier alpha value is -1.22. The lowest BCUT2D eigenvalue weighted by Crippen LogP contribution is -2.52. The zero-order chi connectivity index (χ0) is 27.8. The maximum atomic E-state index is 11.0. The molecule has 0 bridgehead atoms. The maximum Gasteiger partial charge on any atom is 0.119 e. The van der Waals surface area contributed by atoms with Crippen LogP contribution in [-0.4, -0.2) is 21.9 Å². The summed E-state index contributed by atoms with van der Waals surface area (Å²) in [5.74, 6) is 3.39. The molecule has 39 heavy (non-hydrogen) atoms. The van der Waals surface area contributed by atoms with E-state index in [1.54, 1.807) is 12.1 Å². The van der Waals surface area contributed by atoms with Crippen molar-refractivity contribution in [3.63, 3.8) is 0 Å². The maximum absolute atomic E-state index is 11.0. The van der Waals surface area contributed by atoms with Crippen molar-refractivity contribution < 1.29 is 14.9 Å². The Morgan fingerprint density at radius 1 is 0.692 bits per heavy atom. The zero-order valence-electron chi connectivity index (χ0n) is 25.8. The molecule has 216 valence electrons. The standard InChI is InChI=1S/C36H54O3/c1-31(2)15-8-16-36(7)27(31)13-19-35(6)29(39-36)14-20-34(35,5)24-12-17-32(3)23(24)11-18-33(4)28(32)21-22-25(37)9-10-26(38)30(22)33/h9-10,23-24,27-29,37-38H,8,11-21H2,1-7H3/t23?,24-,27+,28+,29+,32-,33+,34+,35-,36+/m1/s1. The number of aromatic hydroxyl groups is 2. The third-order valence-electron chi connectivity index (χ3n) is 15.4. The van der Waals surface area contributed by atoms with Crippen LogP contribution >= 0.6 is 0 Å². The molecule has 1 heterocycles. The highest BCUT2D eigenvalue weighted by molar-refractivity contribution is 5.56. The summed E-state index contributed by atoms with van der Waals surface area (Å²) < 4.78 is 7.38. The smallest absolute Gasteiger partial charge is 0.119 e. The van der Waals surface area contributed by atoms with Gasteiger partial charge in [0.1, 0.15) is 11.5 Å². The van der Waals surface area contributed by atoms with Gasteiger partial charge in [-0.2, -0.15) is 0 Å². The van der Waals surface area contributed by atoms with Gasteiger partial charge >= 0.3 is 0 Å². The summed E-state index contributed by atoms with van der Waals surface area (Å²) in [6.07, 6.45) is 15.3. The SMILES string of the molecule is CC1(C)CCC[C@]2(C)O[C@H]3CC[C@@](C)([C@@H]4CC[C@]5(C)C4CC[C@]4(C)c6c(O)ccc(O)c6C[C@H]45)[C@]3(C)CC[C@@H]12. The molecule has 4 saturated carbocycles. The largest absolute Gasteiger partial charge is 0.508 e. The van der Waals surface area contributed by atoms with E-state index in [2.05, 4.69) is 48.5 Å². The number of phenolic OH excluding ortho intramolecular Hbond substituents is 2. The Bertz CT molecular complexity index is 1190. The summed E-state index contributed by atoms with van der Waals surface area (Å²) in [6.45, 7) is 17.8. The van der Waals surface area contributed by atoms with Crippen LogP contribution in [0.2, 0.25) is 0 Å². The average Bonchev–Trinajstić information content (AvgIpc) is 3.43. The van der Waals surface area contributed by atoms with Gasteiger partial charge in [0.2, 0.25) is 0 Å². The van der Waals surface area contributed by atoms with E-state index in [-0.39, 0.29) is 21.8 Å². The van der Waals surface area contributed by atoms with E-state index in [0.717, 1.165) is 29.9 Å². The predicted octanol–water partition coefficient (Wildman–Crippen LogP) is 8.92. The number of fused-ring (bicyclic) bond motifs is 7. The van der Waals surface area contributed by atoms with Crippen LogP contribution in [0, 0.1) is 45.3 Å². The molecule has 7 rings (SSSR count). The van der Waals surface area contributed by atoms with Crippen molar-refractivity contribution >= 4 is 0 Å². The first-order chi connectivity index (χ1) is 18.2. The van der Waals surface area contributed by atoms with E-state index in [4.69, 9.17) is 4.74 Å². The van der Waals surface area contributed by atoms with Crippen molar-refractivity contribution in [3.8, 4) is 11.5 Å². The zero-order valence-corrected chi connectivity index (χ0v) is 25.8. The lowest BCUT2D eigenvalue weighted by Gasteiger charge is -2.56. The summed E-state index contributed by atoms with van der Waals surface area (Å²) in [5.41, 5.74) is 3.24. The van der Waals surface area contributed by atoms with Crippen LogP contribution in [0.4, 0.5) is 0 Å². The van der Waals surface area contributed by atoms with E-state index < -0.39 is 0 Å². The Labute approximate surface area is 237 Å². The van der Waals surface area contributed by atoms with Crippen molar-refractivity contribution in [2.24, 2.45) is 45.3 Å². The van der Waals surface area contributed by atoms with E-state index in [9.17, 15) is 10.2 Å². The van der Waals surface area contributed by atoms with Gasteiger partial charge in [-0.25, -0.2) is 0 Å². The molecule has 6 aliphatic rings. The van der Waals surface area contributed by atoms with Crippen molar-refractivity contribution in [1.82, 2.24) is 0 Å². The van der Waals surface area contributed by atoms with E-state index >= 15 is 0 Å². The predicted molar refractivity (Wildman–Crippen MR) is 157 cm³/mol. The van der Waals surface area contributed by atoms with Crippen LogP contribution in [-0.2, 0) is 16.6 Å². The number of hydrogen-bond acceptors (Lipinski definition) is 3. The number of ether oxygens (including phenoxy) is 1. The molecule has 3 heteroatoms. The fourth-order valence-electron chi connectivity index (χ4n) is 13.1. The first-order valence-corrected chi connectivity index (χ1v) is 16.4. The van der Waals surface area contributed by atoms with Gasteiger partial charge in [0, 0.05) is 16.5 Å². The molecule has 1 unspecified atom stereocenters. The Morgan fingerprint density at radius 2 is 1.38 bits per heavy atom. The fraction of sp³-hybridized carbons (Fsp3) is 0.833. The molecule has 0 amide bonds. The third-order valence-corrected chi connectivity index (χ3v) is 15.4. The van der Waals surface area contributed by atoms with Gasteiger partial charge in [0.25, 0.3) is 0 Å². The van der Waals surface area contributed by atoms with Crippen molar-refractivity contribution in [3.05, 3.63) is 23.3 Å². The molecule has 1 aliphatic heterocycles. The minimum absolute atomic E-state index is 0.0336. The topological polar surface area (TPSA) is 49.7 Å². The molecule has 3 nitrogen and oxygen atoms in total. The molecule has 0 aromatic heterocycles. The van der Waals surface area contributed by atoms with Gasteiger partial charge in [-0.05, 0) is 135 Å². The molecule has 1 saturated heterocycles. The highest BCUT2D eigenvalue weighted by atomic mass is 16.5. The van der Waals surface area contributed by atoms with Crippen molar-refractivity contribution in [1.29, 1.82) is 0 Å². The van der Waals surface area contributed by atoms with Gasteiger partial charge in [0.15, 0.2) is 0 Å². The molecule has 1 aromatic rings. The van der Waals surface area contributed by atoms with Crippen LogP contribution in [0.15, 0.2) is 12.1 Å². The summed E-state index contributed by atoms with van der Waals surface area (Å²) in [7, 11) is 0. The van der Waals surface area contributed by atoms with Crippen LogP contribution < -0.4 is 0 Å². The second kappa shape index (κ2) is 7.99. The van der Waals surface area contributed by atoms with Gasteiger partial charge in [-0.3, -0.25) is 0 Å². The summed E-state index contributed by atoms with van der Waals surface area (Å²) >= 11 is 0. The number of phenols is 2. The van der Waals surface area contributed by atoms with Crippen molar-refractivity contribution in [2.75, 3.05) is 0 Å². The van der Waals surface area contributed by atoms with Crippen molar-refractivity contribution in [2.45, 2.75) is 143 Å². The number of benzene rings is 1. The minimum Gasteiger partial charge on any atom is -0.508 e. The Balaban J connectivity index is 1.22. The normalized spacial score (nSPS) is 51.8. The second-order valence-electron chi connectivity index (χ2n) is 17.2. The monoisotopic (exact) mass is 534 g/mol. The van der Waals surface area contributed by atoms with E-state index in [0.29, 0.717) is 46.2 Å². The highest BCUT2D eigenvalue weighted by Crippen LogP contribution is 2.74. The summed E-state index contributed by atoms with van der Waals surface area (Å²) in [5, 5.41) is 21.8. The molecule has 2 N–H and O–H groups in total. The van der Waals surface area contributed by atoms with E-state index in [1.807, 2.05) is 0 Å². The minimum atomic E-state index is -0.0391. The molecule has 1 aromatic carbocycles. The van der Waals surface area contributed by atoms with Gasteiger partial charge < -0.3 is 14.9 Å². The molecular weight excluding hydrogens is 480 g/mol. The highest BCUT2D eigenvalue weighted by Gasteiger charge is 2.69. The fourth-order valence-corrected chi connectivity index (χ4v) is 13.1. The van der Waals surface area contributed by atoms with Gasteiger partial charge in [-0.15, -0.1) is 0 Å². The molecule has 10 atom stereocenters. The average molecular weight is 535 g/mol. The Kier molecular flexibility index (Phi) is 5.46. The first-order valence-electron chi connectivity index (χ1n) is 16.4. The molecule has 0 radical (unpaired) electrons. The van der Waals surface area contributed by atoms with Crippen LogP contribution in [0.25, 0.3) is 0 Å². The second-order valence-corrected chi connectivity index (χ2v) is 17.2.